The number of ether oxygens (including phenoxy) is 1. The number of hydrogen-bond acceptors (Lipinski definition) is 3. The largest absolute Gasteiger partial charge is 0.396 e. The Kier molecular flexibility index (Phi) is 5.08. The van der Waals surface area contributed by atoms with Gasteiger partial charge in [0, 0.05) is 30.6 Å². The van der Waals surface area contributed by atoms with Gasteiger partial charge >= 0.3 is 0 Å². The van der Waals surface area contributed by atoms with E-state index in [1.165, 1.54) is 25.7 Å². The third-order valence-corrected chi connectivity index (χ3v) is 5.41. The van der Waals surface area contributed by atoms with E-state index in [9.17, 15) is 9.90 Å². The summed E-state index contributed by atoms with van der Waals surface area (Å²) in [6, 6.07) is 0. The molecule has 2 fully saturated rings. The monoisotopic (exact) mass is 283 g/mol. The summed E-state index contributed by atoms with van der Waals surface area (Å²) in [7, 11) is 0. The summed E-state index contributed by atoms with van der Waals surface area (Å²) in [6.07, 6.45) is 6.48. The fourth-order valence-corrected chi connectivity index (χ4v) is 3.64. The molecule has 1 unspecified atom stereocenters. The highest BCUT2D eigenvalue weighted by atomic mass is 16.5. The lowest BCUT2D eigenvalue weighted by Gasteiger charge is -2.33. The van der Waals surface area contributed by atoms with Crippen LogP contribution in [-0.2, 0) is 9.53 Å². The van der Waals surface area contributed by atoms with Gasteiger partial charge in [-0.25, -0.2) is 0 Å². The van der Waals surface area contributed by atoms with Crippen molar-refractivity contribution in [3.8, 4) is 0 Å². The Morgan fingerprint density at radius 3 is 2.65 bits per heavy atom. The molecule has 2 rings (SSSR count). The maximum absolute atomic E-state index is 12.5. The molecule has 1 atom stereocenters. The number of hydrogen-bond donors (Lipinski definition) is 2. The van der Waals surface area contributed by atoms with Crippen LogP contribution in [0.3, 0.4) is 0 Å². The molecule has 4 heteroatoms. The van der Waals surface area contributed by atoms with Crippen molar-refractivity contribution in [1.29, 1.82) is 0 Å². The second kappa shape index (κ2) is 6.44. The third-order valence-electron chi connectivity index (χ3n) is 5.41. The van der Waals surface area contributed by atoms with Gasteiger partial charge in [0.05, 0.1) is 6.61 Å². The second-order valence-corrected chi connectivity index (χ2v) is 7.16. The van der Waals surface area contributed by atoms with Crippen LogP contribution in [-0.4, -0.2) is 37.4 Å². The molecule has 0 bridgehead atoms. The van der Waals surface area contributed by atoms with Gasteiger partial charge in [-0.05, 0) is 31.6 Å². The minimum absolute atomic E-state index is 0.0594. The quantitative estimate of drug-likeness (QED) is 0.785. The molecule has 1 aliphatic heterocycles. The summed E-state index contributed by atoms with van der Waals surface area (Å²) in [6.45, 7) is 6.32. The van der Waals surface area contributed by atoms with Gasteiger partial charge < -0.3 is 15.2 Å². The fourth-order valence-electron chi connectivity index (χ4n) is 3.64. The van der Waals surface area contributed by atoms with E-state index in [4.69, 9.17) is 4.74 Å². The number of carbonyl (C=O) groups is 1. The van der Waals surface area contributed by atoms with E-state index in [2.05, 4.69) is 19.2 Å². The van der Waals surface area contributed by atoms with E-state index in [1.807, 2.05) is 0 Å². The Labute approximate surface area is 122 Å². The van der Waals surface area contributed by atoms with E-state index in [0.717, 1.165) is 13.0 Å². The highest BCUT2D eigenvalue weighted by Crippen LogP contribution is 2.40. The van der Waals surface area contributed by atoms with Gasteiger partial charge in [0.2, 0.25) is 5.91 Å². The molecule has 4 nitrogen and oxygen atoms in total. The molecule has 2 aliphatic rings. The average Bonchev–Trinajstić information content (AvgIpc) is 3.08. The Morgan fingerprint density at radius 1 is 1.40 bits per heavy atom. The Hall–Kier alpha value is -0.610. The van der Waals surface area contributed by atoms with Crippen LogP contribution in [0.1, 0.15) is 52.4 Å². The summed E-state index contributed by atoms with van der Waals surface area (Å²) in [5.74, 6) is 0.671. The maximum Gasteiger partial charge on any atom is 0.225 e. The van der Waals surface area contributed by atoms with Crippen molar-refractivity contribution in [2.45, 2.75) is 52.4 Å². The first-order chi connectivity index (χ1) is 9.50. The lowest BCUT2D eigenvalue weighted by molar-refractivity contribution is -0.132. The van der Waals surface area contributed by atoms with E-state index in [-0.39, 0.29) is 23.3 Å². The van der Waals surface area contributed by atoms with Crippen molar-refractivity contribution >= 4 is 5.91 Å². The molecule has 2 N–H and O–H groups in total. The van der Waals surface area contributed by atoms with Gasteiger partial charge in [-0.1, -0.05) is 26.7 Å². The summed E-state index contributed by atoms with van der Waals surface area (Å²) in [5, 5.41) is 12.4. The molecule has 0 aromatic rings. The smallest absolute Gasteiger partial charge is 0.225 e. The lowest BCUT2D eigenvalue weighted by atomic mass is 9.76. The molecule has 1 saturated carbocycles. The van der Waals surface area contributed by atoms with Crippen LogP contribution in [0.4, 0.5) is 0 Å². The maximum atomic E-state index is 12.5. The summed E-state index contributed by atoms with van der Waals surface area (Å²) in [4.78, 5) is 12.5. The number of aliphatic hydroxyl groups is 1. The number of aliphatic hydroxyl groups excluding tert-OH is 1. The minimum atomic E-state index is -0.281. The van der Waals surface area contributed by atoms with E-state index in [1.54, 1.807) is 0 Å². The fraction of sp³-hybridized carbons (Fsp3) is 0.938. The van der Waals surface area contributed by atoms with E-state index >= 15 is 0 Å². The van der Waals surface area contributed by atoms with Crippen molar-refractivity contribution in [1.82, 2.24) is 5.32 Å². The van der Waals surface area contributed by atoms with Crippen LogP contribution in [0.2, 0.25) is 0 Å². The van der Waals surface area contributed by atoms with Gasteiger partial charge in [-0.15, -0.1) is 0 Å². The van der Waals surface area contributed by atoms with Gasteiger partial charge in [0.25, 0.3) is 0 Å². The van der Waals surface area contributed by atoms with Crippen molar-refractivity contribution in [3.63, 3.8) is 0 Å². The predicted octanol–water partition coefficient (Wildman–Crippen LogP) is 2.11. The molecule has 0 spiro atoms. The Morgan fingerprint density at radius 2 is 2.10 bits per heavy atom. The molecule has 116 valence electrons. The Balaban J connectivity index is 1.90. The van der Waals surface area contributed by atoms with Gasteiger partial charge in [0.1, 0.15) is 0 Å². The van der Waals surface area contributed by atoms with Crippen LogP contribution in [0, 0.1) is 16.7 Å². The van der Waals surface area contributed by atoms with E-state index in [0.29, 0.717) is 25.5 Å². The predicted molar refractivity (Wildman–Crippen MR) is 78.3 cm³/mol. The molecule has 1 saturated heterocycles. The van der Waals surface area contributed by atoms with E-state index < -0.39 is 0 Å². The zero-order valence-electron chi connectivity index (χ0n) is 12.9. The molecule has 1 amide bonds. The van der Waals surface area contributed by atoms with Crippen molar-refractivity contribution in [2.24, 2.45) is 16.7 Å². The highest BCUT2D eigenvalue weighted by molar-refractivity contribution is 5.82. The average molecular weight is 283 g/mol. The molecule has 0 aromatic heterocycles. The SMILES string of the molecule is CC(C)(C(=O)NCC1(CCO)CCOC1)C1CCCC1. The third kappa shape index (κ3) is 3.34. The molecular weight excluding hydrogens is 254 g/mol. The Bertz CT molecular complexity index is 329. The number of carbonyl (C=O) groups excluding carboxylic acids is 1. The lowest BCUT2D eigenvalue weighted by Crippen LogP contribution is -2.46. The standard InChI is InChI=1S/C16H29NO3/c1-15(2,13-5-3-4-6-13)14(19)17-11-16(7-9-18)8-10-20-12-16/h13,18H,3-12H2,1-2H3,(H,17,19). The van der Waals surface area contributed by atoms with Gasteiger partial charge in [0.15, 0.2) is 0 Å². The minimum Gasteiger partial charge on any atom is -0.396 e. The molecule has 0 aromatic carbocycles. The van der Waals surface area contributed by atoms with Crippen molar-refractivity contribution in [3.05, 3.63) is 0 Å². The summed E-state index contributed by atoms with van der Waals surface area (Å²) >= 11 is 0. The van der Waals surface area contributed by atoms with Crippen molar-refractivity contribution < 1.29 is 14.6 Å². The van der Waals surface area contributed by atoms with Crippen LogP contribution in [0.5, 0.6) is 0 Å². The topological polar surface area (TPSA) is 58.6 Å². The highest BCUT2D eigenvalue weighted by Gasteiger charge is 2.40. The number of nitrogens with one attached hydrogen (secondary N) is 1. The first-order valence-corrected chi connectivity index (χ1v) is 7.97. The second-order valence-electron chi connectivity index (χ2n) is 7.16. The van der Waals surface area contributed by atoms with Crippen LogP contribution in [0.25, 0.3) is 0 Å². The summed E-state index contributed by atoms with van der Waals surface area (Å²) < 4.78 is 5.47. The zero-order valence-corrected chi connectivity index (χ0v) is 12.9. The summed E-state index contributed by atoms with van der Waals surface area (Å²) in [5.41, 5.74) is -0.341. The first-order valence-electron chi connectivity index (χ1n) is 7.97. The first kappa shape index (κ1) is 15.8. The van der Waals surface area contributed by atoms with Crippen LogP contribution < -0.4 is 5.32 Å². The molecule has 20 heavy (non-hydrogen) atoms. The number of rotatable bonds is 6. The van der Waals surface area contributed by atoms with Crippen LogP contribution >= 0.6 is 0 Å². The number of amides is 1. The van der Waals surface area contributed by atoms with Gasteiger partial charge in [-0.2, -0.15) is 0 Å². The molecule has 1 heterocycles. The normalized spacial score (nSPS) is 27.9. The van der Waals surface area contributed by atoms with Gasteiger partial charge in [-0.3, -0.25) is 4.79 Å². The molecule has 1 aliphatic carbocycles. The van der Waals surface area contributed by atoms with Crippen LogP contribution in [0.15, 0.2) is 0 Å². The van der Waals surface area contributed by atoms with Crippen molar-refractivity contribution in [2.75, 3.05) is 26.4 Å². The zero-order chi connectivity index (χ0) is 14.6. The molecular formula is C16H29NO3. The molecule has 0 radical (unpaired) electrons.